The molecule has 7 aromatic rings. The van der Waals surface area contributed by atoms with E-state index in [-0.39, 0.29) is 11.5 Å². The van der Waals surface area contributed by atoms with Crippen LogP contribution >= 0.6 is 0 Å². The van der Waals surface area contributed by atoms with E-state index in [1.54, 1.807) is 43.4 Å². The van der Waals surface area contributed by atoms with Gasteiger partial charge in [0.05, 0.1) is 46.3 Å². The number of rotatable bonds is 10. The number of carbonyl (C=O) groups excluding carboxylic acids is 2. The Labute approximate surface area is 386 Å². The Morgan fingerprint density at radius 1 is 0.567 bits per heavy atom. The number of H-pyrrole nitrogens is 1. The standard InChI is InChI=1S/C25H27N7O.C24H25F3N6O/c1-17(2)18-3-4-21(30-25(33)20-13-19-5-6-28-24(19)29-15-20)22(14-18)31-9-11-32(12-10-31)23-16-26-7-8-27-23;1-16(2)17-3-5-19(31-23(34)18-4-6-21(30-14-18)24(25,26)27)20(13-17)32-9-11-33(12-10-32)22-15-28-7-8-29-22/h3-8,13-17H,9-12H2,1-2H3,(H,28,29)(H,30,33);3-8,13-16H,9-12H2,1-2H3,(H,31,34). The van der Waals surface area contributed by atoms with E-state index in [2.05, 4.69) is 111 Å². The topological polar surface area (TPSA) is 164 Å². The lowest BCUT2D eigenvalue weighted by molar-refractivity contribution is -0.141. The Kier molecular flexibility index (Phi) is 13.9. The fraction of sp³-hybridized carbons (Fsp3) is 0.306. The maximum absolute atomic E-state index is 13.1. The van der Waals surface area contributed by atoms with Gasteiger partial charge in [-0.25, -0.2) is 15.0 Å². The third-order valence-electron chi connectivity index (χ3n) is 11.8. The van der Waals surface area contributed by atoms with Crippen LogP contribution < -0.4 is 30.2 Å². The Balaban J connectivity index is 0.000000182. The number of alkyl halides is 3. The summed E-state index contributed by atoms with van der Waals surface area (Å²) in [6, 6.07) is 17.9. The first-order valence-electron chi connectivity index (χ1n) is 22.2. The molecular formula is C49H52F3N13O2. The van der Waals surface area contributed by atoms with Crippen LogP contribution in [0.4, 0.5) is 47.6 Å². The number of hydrogen-bond donors (Lipinski definition) is 3. The molecule has 0 unspecified atom stereocenters. The number of anilines is 6. The third-order valence-corrected chi connectivity index (χ3v) is 11.8. The van der Waals surface area contributed by atoms with Crippen molar-refractivity contribution in [3.63, 3.8) is 0 Å². The van der Waals surface area contributed by atoms with E-state index in [4.69, 9.17) is 0 Å². The van der Waals surface area contributed by atoms with Crippen LogP contribution in [0.5, 0.6) is 0 Å². The minimum atomic E-state index is -4.55. The van der Waals surface area contributed by atoms with Gasteiger partial charge in [-0.1, -0.05) is 39.8 Å². The summed E-state index contributed by atoms with van der Waals surface area (Å²) >= 11 is 0. The summed E-state index contributed by atoms with van der Waals surface area (Å²) in [6.45, 7) is 14.8. The number of nitrogens with zero attached hydrogens (tertiary/aromatic N) is 10. The van der Waals surface area contributed by atoms with Gasteiger partial charge in [-0.15, -0.1) is 0 Å². The molecule has 7 heterocycles. The van der Waals surface area contributed by atoms with Gasteiger partial charge in [0, 0.05) is 101 Å². The molecule has 0 bridgehead atoms. The highest BCUT2D eigenvalue weighted by Crippen LogP contribution is 2.34. The summed E-state index contributed by atoms with van der Waals surface area (Å²) in [4.78, 5) is 62.7. The fourth-order valence-corrected chi connectivity index (χ4v) is 7.96. The lowest BCUT2D eigenvalue weighted by atomic mass is 10.0. The molecule has 2 aliphatic rings. The summed E-state index contributed by atoms with van der Waals surface area (Å²) < 4.78 is 38.4. The number of carbonyl (C=O) groups is 2. The molecule has 9 rings (SSSR count). The molecule has 0 radical (unpaired) electrons. The van der Waals surface area contributed by atoms with E-state index in [1.165, 1.54) is 5.56 Å². The number of nitrogens with one attached hydrogen (secondary N) is 3. The number of pyridine rings is 2. The zero-order valence-corrected chi connectivity index (χ0v) is 37.7. The van der Waals surface area contributed by atoms with Gasteiger partial charge in [0.15, 0.2) is 0 Å². The second-order valence-corrected chi connectivity index (χ2v) is 16.9. The van der Waals surface area contributed by atoms with E-state index >= 15 is 0 Å². The van der Waals surface area contributed by atoms with Gasteiger partial charge in [0.2, 0.25) is 0 Å². The summed E-state index contributed by atoms with van der Waals surface area (Å²) in [7, 11) is 0. The zero-order chi connectivity index (χ0) is 47.1. The number of benzene rings is 2. The Morgan fingerprint density at radius 2 is 1.06 bits per heavy atom. The van der Waals surface area contributed by atoms with Gasteiger partial charge in [0.25, 0.3) is 11.8 Å². The van der Waals surface area contributed by atoms with Gasteiger partial charge in [-0.2, -0.15) is 13.2 Å². The van der Waals surface area contributed by atoms with Crippen LogP contribution in [0.3, 0.4) is 0 Å². The van der Waals surface area contributed by atoms with Crippen molar-refractivity contribution < 1.29 is 22.8 Å². The van der Waals surface area contributed by atoms with E-state index in [9.17, 15) is 22.8 Å². The summed E-state index contributed by atoms with van der Waals surface area (Å²) in [5.74, 6) is 1.73. The van der Waals surface area contributed by atoms with Crippen LogP contribution in [-0.4, -0.2) is 99.1 Å². The zero-order valence-electron chi connectivity index (χ0n) is 37.7. The van der Waals surface area contributed by atoms with Crippen LogP contribution in [0.15, 0.2) is 116 Å². The Hall–Kier alpha value is -7.63. The third kappa shape index (κ3) is 11.1. The van der Waals surface area contributed by atoms with Crippen molar-refractivity contribution in [3.8, 4) is 0 Å². The first-order chi connectivity index (χ1) is 32.3. The molecule has 2 aliphatic heterocycles. The van der Waals surface area contributed by atoms with E-state index < -0.39 is 17.8 Å². The molecule has 15 nitrogen and oxygen atoms in total. The molecular weight excluding hydrogens is 860 g/mol. The number of amides is 2. The highest BCUT2D eigenvalue weighted by molar-refractivity contribution is 6.07. The molecule has 2 aromatic carbocycles. The minimum absolute atomic E-state index is 0.0550. The smallest absolute Gasteiger partial charge is 0.366 e. The van der Waals surface area contributed by atoms with Crippen molar-refractivity contribution in [1.29, 1.82) is 0 Å². The molecule has 0 spiro atoms. The van der Waals surface area contributed by atoms with E-state index in [0.29, 0.717) is 36.2 Å². The summed E-state index contributed by atoms with van der Waals surface area (Å²) in [6.07, 6.45) is 10.1. The second kappa shape index (κ2) is 20.3. The maximum Gasteiger partial charge on any atom is 0.433 e. The predicted octanol–water partition coefficient (Wildman–Crippen LogP) is 8.65. The molecule has 18 heteroatoms. The first-order valence-corrected chi connectivity index (χ1v) is 22.2. The van der Waals surface area contributed by atoms with Crippen molar-refractivity contribution in [2.75, 3.05) is 82.6 Å². The normalized spacial score (nSPS) is 14.3. The monoisotopic (exact) mass is 911 g/mol. The highest BCUT2D eigenvalue weighted by Gasteiger charge is 2.32. The van der Waals surface area contributed by atoms with Crippen LogP contribution in [0.1, 0.15) is 77.1 Å². The average Bonchev–Trinajstić information content (AvgIpc) is 3.83. The number of hydrogen-bond acceptors (Lipinski definition) is 12. The van der Waals surface area contributed by atoms with Crippen LogP contribution in [0.2, 0.25) is 0 Å². The van der Waals surface area contributed by atoms with Crippen molar-refractivity contribution in [1.82, 2.24) is 34.9 Å². The van der Waals surface area contributed by atoms with Crippen molar-refractivity contribution in [2.45, 2.75) is 45.7 Å². The summed E-state index contributed by atoms with van der Waals surface area (Å²) in [5.41, 5.74) is 6.03. The minimum Gasteiger partial charge on any atom is -0.366 e. The number of fused-ring (bicyclic) bond motifs is 1. The number of aromatic nitrogens is 7. The Bertz CT molecular complexity index is 2770. The summed E-state index contributed by atoms with van der Waals surface area (Å²) in [5, 5.41) is 6.89. The quantitative estimate of drug-likeness (QED) is 0.120. The number of aromatic amines is 1. The lowest BCUT2D eigenvalue weighted by Gasteiger charge is -2.37. The van der Waals surface area contributed by atoms with Gasteiger partial charge in [-0.3, -0.25) is 24.5 Å². The van der Waals surface area contributed by atoms with Crippen molar-refractivity contribution in [3.05, 3.63) is 144 Å². The van der Waals surface area contributed by atoms with Gasteiger partial charge >= 0.3 is 6.18 Å². The molecule has 2 amide bonds. The van der Waals surface area contributed by atoms with Crippen LogP contribution in [0, 0.1) is 0 Å². The molecule has 5 aromatic heterocycles. The highest BCUT2D eigenvalue weighted by atomic mass is 19.4. The SMILES string of the molecule is CC(C)c1ccc(NC(=O)c2ccc(C(F)(F)F)nc2)c(N2CCN(c3cnccn3)CC2)c1.CC(C)c1ccc(NC(=O)c2cnc3[nH]ccc3c2)c(N2CCN(c3cnccn3)CC2)c1. The molecule has 0 aliphatic carbocycles. The molecule has 346 valence electrons. The van der Waals surface area contributed by atoms with E-state index in [0.717, 1.165) is 103 Å². The molecule has 0 saturated carbocycles. The second-order valence-electron chi connectivity index (χ2n) is 16.9. The van der Waals surface area contributed by atoms with Gasteiger partial charge < -0.3 is 35.2 Å². The molecule has 2 saturated heterocycles. The van der Waals surface area contributed by atoms with Crippen LogP contribution in [-0.2, 0) is 6.18 Å². The van der Waals surface area contributed by atoms with Gasteiger partial charge in [-0.05, 0) is 71.5 Å². The molecule has 3 N–H and O–H groups in total. The van der Waals surface area contributed by atoms with Crippen molar-refractivity contribution >= 4 is 57.2 Å². The number of piperazine rings is 2. The van der Waals surface area contributed by atoms with Gasteiger partial charge in [0.1, 0.15) is 23.0 Å². The fourth-order valence-electron chi connectivity index (χ4n) is 7.96. The first kappa shape index (κ1) is 45.9. The predicted molar refractivity (Wildman–Crippen MR) is 255 cm³/mol. The largest absolute Gasteiger partial charge is 0.433 e. The average molecular weight is 912 g/mol. The molecule has 2 fully saturated rings. The number of halogens is 3. The molecule has 0 atom stereocenters. The van der Waals surface area contributed by atoms with E-state index in [1.807, 2.05) is 36.5 Å². The van der Waals surface area contributed by atoms with Crippen molar-refractivity contribution in [2.24, 2.45) is 0 Å². The Morgan fingerprint density at radius 3 is 1.51 bits per heavy atom. The maximum atomic E-state index is 13.1. The molecule has 67 heavy (non-hydrogen) atoms. The van der Waals surface area contributed by atoms with Crippen LogP contribution in [0.25, 0.3) is 11.0 Å². The lowest BCUT2D eigenvalue weighted by Crippen LogP contribution is -2.47.